The number of nitrogens with zero attached hydrogens (tertiary/aromatic N) is 2. The summed E-state index contributed by atoms with van der Waals surface area (Å²) >= 11 is 0. The second-order valence-electron chi connectivity index (χ2n) is 7.57. The molecule has 1 unspecified atom stereocenters. The quantitative estimate of drug-likeness (QED) is 0.432. The molecule has 0 bridgehead atoms. The van der Waals surface area contributed by atoms with Gasteiger partial charge in [-0.2, -0.15) is 0 Å². The van der Waals surface area contributed by atoms with Gasteiger partial charge in [-0.15, -0.1) is 0 Å². The van der Waals surface area contributed by atoms with Crippen molar-refractivity contribution in [3.05, 3.63) is 64.7 Å². The molecule has 0 aromatic heterocycles. The van der Waals surface area contributed by atoms with Gasteiger partial charge in [-0.05, 0) is 62.5 Å². The SMILES string of the molecule is COc1ccc(C(O)=C2C(=O)C(=O)N(CCN(C)C)C2c2ccc(O)cc2)cc1C. The van der Waals surface area contributed by atoms with Gasteiger partial charge >= 0.3 is 0 Å². The van der Waals surface area contributed by atoms with Gasteiger partial charge in [0, 0.05) is 18.7 Å². The molecule has 1 atom stereocenters. The Morgan fingerprint density at radius 3 is 2.37 bits per heavy atom. The minimum atomic E-state index is -0.743. The number of carbonyl (C=O) groups is 2. The Morgan fingerprint density at radius 2 is 1.80 bits per heavy atom. The predicted octanol–water partition coefficient (Wildman–Crippen LogP) is 2.69. The maximum absolute atomic E-state index is 12.9. The van der Waals surface area contributed by atoms with Crippen molar-refractivity contribution in [3.8, 4) is 11.5 Å². The van der Waals surface area contributed by atoms with Crippen molar-refractivity contribution in [3.63, 3.8) is 0 Å². The second kappa shape index (κ2) is 8.59. The lowest BCUT2D eigenvalue weighted by Gasteiger charge is -2.26. The van der Waals surface area contributed by atoms with Gasteiger partial charge in [0.1, 0.15) is 17.3 Å². The number of aromatic hydroxyl groups is 1. The third kappa shape index (κ3) is 4.02. The number of phenols is 1. The predicted molar refractivity (Wildman–Crippen MR) is 113 cm³/mol. The van der Waals surface area contributed by atoms with E-state index in [0.29, 0.717) is 30.0 Å². The Balaban J connectivity index is 2.14. The van der Waals surface area contributed by atoms with E-state index < -0.39 is 17.7 Å². The van der Waals surface area contributed by atoms with Crippen LogP contribution in [0.3, 0.4) is 0 Å². The fourth-order valence-electron chi connectivity index (χ4n) is 3.60. The molecule has 2 aromatic carbocycles. The lowest BCUT2D eigenvalue weighted by Crippen LogP contribution is -2.35. The molecule has 1 saturated heterocycles. The van der Waals surface area contributed by atoms with Crippen LogP contribution in [-0.4, -0.2) is 66.0 Å². The summed E-state index contributed by atoms with van der Waals surface area (Å²) < 4.78 is 5.26. The molecular formula is C23H26N2O5. The number of benzene rings is 2. The van der Waals surface area contributed by atoms with E-state index in [4.69, 9.17) is 4.74 Å². The Morgan fingerprint density at radius 1 is 1.13 bits per heavy atom. The molecule has 0 radical (unpaired) electrons. The number of aliphatic hydroxyl groups is 1. The van der Waals surface area contributed by atoms with Crippen LogP contribution in [0, 0.1) is 6.92 Å². The molecule has 1 aliphatic heterocycles. The lowest BCUT2D eigenvalue weighted by molar-refractivity contribution is -0.140. The molecule has 2 aromatic rings. The largest absolute Gasteiger partial charge is 0.508 e. The van der Waals surface area contributed by atoms with Gasteiger partial charge in [-0.1, -0.05) is 12.1 Å². The Kier molecular flexibility index (Phi) is 6.12. The molecule has 2 N–H and O–H groups in total. The highest BCUT2D eigenvalue weighted by Crippen LogP contribution is 2.40. The molecule has 1 heterocycles. The number of hydrogen-bond acceptors (Lipinski definition) is 6. The zero-order valence-electron chi connectivity index (χ0n) is 17.5. The fourth-order valence-corrected chi connectivity index (χ4v) is 3.60. The summed E-state index contributed by atoms with van der Waals surface area (Å²) in [5, 5.41) is 20.7. The number of Topliss-reactive ketones (excluding diaryl/α,β-unsaturated/α-hetero) is 1. The fraction of sp³-hybridized carbons (Fsp3) is 0.304. The normalized spacial score (nSPS) is 18.3. The zero-order valence-corrected chi connectivity index (χ0v) is 17.5. The number of amides is 1. The summed E-state index contributed by atoms with van der Waals surface area (Å²) in [6.45, 7) is 2.72. The standard InChI is InChI=1S/C23H26N2O5/c1-14-13-16(7-10-18(14)30-4)21(27)19-20(15-5-8-17(26)9-6-15)25(12-11-24(2)3)23(29)22(19)28/h5-10,13,20,26-27H,11-12H2,1-4H3. The van der Waals surface area contributed by atoms with Gasteiger partial charge < -0.3 is 24.7 Å². The molecule has 0 spiro atoms. The number of likely N-dealkylation sites (tertiary alicyclic amines) is 1. The third-order valence-corrected chi connectivity index (χ3v) is 5.21. The Labute approximate surface area is 175 Å². The molecule has 3 rings (SSSR count). The topological polar surface area (TPSA) is 90.3 Å². The van der Waals surface area contributed by atoms with Crippen molar-refractivity contribution >= 4 is 17.4 Å². The molecule has 7 heteroatoms. The van der Waals surface area contributed by atoms with E-state index in [1.165, 1.54) is 17.0 Å². The Hall–Kier alpha value is -3.32. The smallest absolute Gasteiger partial charge is 0.295 e. The van der Waals surface area contributed by atoms with Crippen molar-refractivity contribution < 1.29 is 24.5 Å². The number of hydrogen-bond donors (Lipinski definition) is 2. The van der Waals surface area contributed by atoms with E-state index in [2.05, 4.69) is 0 Å². The van der Waals surface area contributed by atoms with E-state index in [1.807, 2.05) is 25.9 Å². The molecule has 1 aliphatic rings. The van der Waals surface area contributed by atoms with Gasteiger partial charge in [-0.3, -0.25) is 9.59 Å². The molecule has 30 heavy (non-hydrogen) atoms. The van der Waals surface area contributed by atoms with Crippen LogP contribution in [0.1, 0.15) is 22.7 Å². The number of aryl methyl sites for hydroxylation is 1. The Bertz CT molecular complexity index is 995. The number of likely N-dealkylation sites (N-methyl/N-ethyl adjacent to an activating group) is 1. The van der Waals surface area contributed by atoms with E-state index in [0.717, 1.165) is 5.56 Å². The zero-order chi connectivity index (χ0) is 22.0. The summed E-state index contributed by atoms with van der Waals surface area (Å²) in [5.41, 5.74) is 1.90. The molecule has 0 saturated carbocycles. The van der Waals surface area contributed by atoms with Gasteiger partial charge in [-0.25, -0.2) is 0 Å². The van der Waals surface area contributed by atoms with Crippen molar-refractivity contribution in [2.75, 3.05) is 34.3 Å². The van der Waals surface area contributed by atoms with Crippen LogP contribution in [0.15, 0.2) is 48.0 Å². The number of carbonyl (C=O) groups excluding carboxylic acids is 2. The minimum absolute atomic E-state index is 0.0361. The van der Waals surface area contributed by atoms with E-state index in [-0.39, 0.29) is 17.1 Å². The molecule has 1 fully saturated rings. The molecule has 1 amide bonds. The molecule has 158 valence electrons. The number of ether oxygens (including phenoxy) is 1. The average Bonchev–Trinajstić information content (AvgIpc) is 2.96. The van der Waals surface area contributed by atoms with Crippen LogP contribution < -0.4 is 4.74 Å². The summed E-state index contributed by atoms with van der Waals surface area (Å²) in [5.74, 6) is -0.869. The van der Waals surface area contributed by atoms with E-state index in [1.54, 1.807) is 37.4 Å². The van der Waals surface area contributed by atoms with Crippen LogP contribution in [0.5, 0.6) is 11.5 Å². The highest BCUT2D eigenvalue weighted by Gasteiger charge is 2.45. The number of phenolic OH excluding ortho intramolecular Hbond substituents is 1. The maximum Gasteiger partial charge on any atom is 0.295 e. The van der Waals surface area contributed by atoms with Crippen molar-refractivity contribution in [2.45, 2.75) is 13.0 Å². The van der Waals surface area contributed by atoms with Crippen molar-refractivity contribution in [1.82, 2.24) is 9.80 Å². The first-order chi connectivity index (χ1) is 14.2. The molecule has 0 aliphatic carbocycles. The van der Waals surface area contributed by atoms with Crippen molar-refractivity contribution in [2.24, 2.45) is 0 Å². The summed E-state index contributed by atoms with van der Waals surface area (Å²) in [6.07, 6.45) is 0. The summed E-state index contributed by atoms with van der Waals surface area (Å²) in [6, 6.07) is 10.6. The number of methoxy groups -OCH3 is 1. The van der Waals surface area contributed by atoms with E-state index >= 15 is 0 Å². The van der Waals surface area contributed by atoms with Gasteiger partial charge in [0.25, 0.3) is 11.7 Å². The van der Waals surface area contributed by atoms with Crippen LogP contribution >= 0.6 is 0 Å². The number of rotatable bonds is 6. The molecular weight excluding hydrogens is 384 g/mol. The second-order valence-corrected chi connectivity index (χ2v) is 7.57. The van der Waals surface area contributed by atoms with Crippen LogP contribution in [0.4, 0.5) is 0 Å². The van der Waals surface area contributed by atoms with Gasteiger partial charge in [0.2, 0.25) is 0 Å². The van der Waals surface area contributed by atoms with Crippen molar-refractivity contribution in [1.29, 1.82) is 0 Å². The minimum Gasteiger partial charge on any atom is -0.508 e. The van der Waals surface area contributed by atoms with Gasteiger partial charge in [0.05, 0.1) is 18.7 Å². The highest BCUT2D eigenvalue weighted by atomic mass is 16.5. The monoisotopic (exact) mass is 410 g/mol. The van der Waals surface area contributed by atoms with E-state index in [9.17, 15) is 19.8 Å². The summed E-state index contributed by atoms with van der Waals surface area (Å²) in [7, 11) is 5.32. The lowest BCUT2D eigenvalue weighted by atomic mass is 9.94. The van der Waals surface area contributed by atoms with Crippen LogP contribution in [0.25, 0.3) is 5.76 Å². The van der Waals surface area contributed by atoms with Crippen LogP contribution in [-0.2, 0) is 9.59 Å². The number of ketones is 1. The first-order valence-electron chi connectivity index (χ1n) is 9.61. The first kappa shape index (κ1) is 21.4. The first-order valence-corrected chi connectivity index (χ1v) is 9.61. The molecule has 7 nitrogen and oxygen atoms in total. The summed E-state index contributed by atoms with van der Waals surface area (Å²) in [4.78, 5) is 29.1. The maximum atomic E-state index is 12.9. The van der Waals surface area contributed by atoms with Gasteiger partial charge in [0.15, 0.2) is 0 Å². The number of aliphatic hydroxyl groups excluding tert-OH is 1. The average molecular weight is 410 g/mol. The highest BCUT2D eigenvalue weighted by molar-refractivity contribution is 6.46. The van der Waals surface area contributed by atoms with Crippen LogP contribution in [0.2, 0.25) is 0 Å². The third-order valence-electron chi connectivity index (χ3n) is 5.21.